The fraction of sp³-hybridized carbons (Fsp3) is 0.304. The number of ether oxygens (including phenoxy) is 3. The van der Waals surface area contributed by atoms with Crippen LogP contribution < -0.4 is 24.8 Å². The molecule has 0 radical (unpaired) electrons. The lowest BCUT2D eigenvalue weighted by Crippen LogP contribution is -2.31. The number of carbonyl (C=O) groups excluding carboxylic acids is 1. The highest BCUT2D eigenvalue weighted by Crippen LogP contribution is 2.39. The molecule has 10 heteroatoms. The number of tetrazole rings is 1. The third-order valence-electron chi connectivity index (χ3n) is 5.28. The molecule has 2 heterocycles. The number of methoxy groups -OCH3 is 2. The average molecular weight is 450 g/mol. The van der Waals surface area contributed by atoms with Crippen molar-refractivity contribution in [2.24, 2.45) is 0 Å². The molecule has 0 saturated heterocycles. The normalized spacial score (nSPS) is 14.8. The van der Waals surface area contributed by atoms with E-state index < -0.39 is 6.04 Å². The molecule has 4 rings (SSSR count). The Morgan fingerprint density at radius 1 is 1.12 bits per heavy atom. The van der Waals surface area contributed by atoms with Gasteiger partial charge in [0.25, 0.3) is 5.91 Å². The number of carbonyl (C=O) groups is 1. The first-order chi connectivity index (χ1) is 16.1. The summed E-state index contributed by atoms with van der Waals surface area (Å²) in [6.45, 7) is 4.43. The molecule has 1 amide bonds. The maximum Gasteiger partial charge on any atom is 0.255 e. The van der Waals surface area contributed by atoms with E-state index >= 15 is 0 Å². The van der Waals surface area contributed by atoms with Gasteiger partial charge in [0.2, 0.25) is 5.95 Å². The van der Waals surface area contributed by atoms with Gasteiger partial charge in [-0.25, -0.2) is 0 Å². The van der Waals surface area contributed by atoms with Crippen LogP contribution in [0, 0.1) is 0 Å². The van der Waals surface area contributed by atoms with Crippen molar-refractivity contribution in [3.05, 3.63) is 59.3 Å². The van der Waals surface area contributed by atoms with Crippen LogP contribution in [0.3, 0.4) is 0 Å². The number of amides is 1. The summed E-state index contributed by atoms with van der Waals surface area (Å²) in [6, 6.07) is 12.2. The Bertz CT molecular complexity index is 1190. The number of hydrogen-bond acceptors (Lipinski definition) is 8. The van der Waals surface area contributed by atoms with Crippen molar-refractivity contribution in [1.29, 1.82) is 0 Å². The third kappa shape index (κ3) is 4.32. The van der Waals surface area contributed by atoms with Crippen molar-refractivity contribution in [2.45, 2.75) is 26.3 Å². The molecule has 33 heavy (non-hydrogen) atoms. The van der Waals surface area contributed by atoms with Gasteiger partial charge in [-0.1, -0.05) is 30.2 Å². The molecule has 1 atom stereocenters. The van der Waals surface area contributed by atoms with E-state index in [-0.39, 0.29) is 5.91 Å². The van der Waals surface area contributed by atoms with Gasteiger partial charge in [0.15, 0.2) is 11.5 Å². The zero-order chi connectivity index (χ0) is 23.4. The minimum Gasteiger partial charge on any atom is -0.495 e. The monoisotopic (exact) mass is 450 g/mol. The molecule has 1 unspecified atom stereocenters. The Hall–Kier alpha value is -4.08. The highest BCUT2D eigenvalue weighted by atomic mass is 16.5. The number of anilines is 2. The van der Waals surface area contributed by atoms with Crippen LogP contribution in [-0.2, 0) is 4.79 Å². The van der Waals surface area contributed by atoms with Crippen LogP contribution in [-0.4, -0.2) is 46.9 Å². The molecule has 0 aliphatic carbocycles. The molecule has 2 N–H and O–H groups in total. The highest BCUT2D eigenvalue weighted by molar-refractivity contribution is 6.06. The van der Waals surface area contributed by atoms with Crippen LogP contribution in [0.2, 0.25) is 0 Å². The maximum atomic E-state index is 13.5. The molecule has 3 aromatic rings. The number of fused-ring (bicyclic) bond motifs is 1. The number of para-hydroxylation sites is 2. The smallest absolute Gasteiger partial charge is 0.255 e. The standard InChI is InChI=1S/C23H26N6O4/c1-5-12-33-18-11-10-15(13-19(18)32-4)21-20(14(2)24-23-26-27-28-29(21)23)22(30)25-16-8-6-7-9-17(16)31-3/h6-11,13,21H,5,12H2,1-4H3,(H,25,30)(H,24,26,28). The molecule has 0 bridgehead atoms. The van der Waals surface area contributed by atoms with Gasteiger partial charge < -0.3 is 24.8 Å². The van der Waals surface area contributed by atoms with E-state index in [0.29, 0.717) is 46.8 Å². The molecule has 0 spiro atoms. The quantitative estimate of drug-likeness (QED) is 0.537. The van der Waals surface area contributed by atoms with Crippen molar-refractivity contribution in [3.63, 3.8) is 0 Å². The summed E-state index contributed by atoms with van der Waals surface area (Å²) in [5.74, 6) is 1.90. The highest BCUT2D eigenvalue weighted by Gasteiger charge is 2.34. The number of rotatable bonds is 8. The number of allylic oxidation sites excluding steroid dienone is 1. The Morgan fingerprint density at radius 3 is 2.67 bits per heavy atom. The van der Waals surface area contributed by atoms with Crippen molar-refractivity contribution in [2.75, 3.05) is 31.5 Å². The summed E-state index contributed by atoms with van der Waals surface area (Å²) in [4.78, 5) is 13.5. The zero-order valence-electron chi connectivity index (χ0n) is 19.0. The third-order valence-corrected chi connectivity index (χ3v) is 5.28. The summed E-state index contributed by atoms with van der Waals surface area (Å²) >= 11 is 0. The molecule has 172 valence electrons. The van der Waals surface area contributed by atoms with E-state index in [1.807, 2.05) is 44.2 Å². The zero-order valence-corrected chi connectivity index (χ0v) is 19.0. The average Bonchev–Trinajstić information content (AvgIpc) is 3.30. The molecule has 1 aliphatic heterocycles. The van der Waals surface area contributed by atoms with E-state index in [4.69, 9.17) is 14.2 Å². The van der Waals surface area contributed by atoms with Crippen LogP contribution in [0.5, 0.6) is 17.2 Å². The minimum atomic E-state index is -0.583. The summed E-state index contributed by atoms with van der Waals surface area (Å²) in [7, 11) is 3.14. The minimum absolute atomic E-state index is 0.305. The largest absolute Gasteiger partial charge is 0.495 e. The molecular weight excluding hydrogens is 424 g/mol. The first-order valence-electron chi connectivity index (χ1n) is 10.6. The lowest BCUT2D eigenvalue weighted by molar-refractivity contribution is -0.113. The van der Waals surface area contributed by atoms with Crippen LogP contribution >= 0.6 is 0 Å². The van der Waals surface area contributed by atoms with Crippen molar-refractivity contribution in [1.82, 2.24) is 20.2 Å². The Labute approximate surface area is 191 Å². The topological polar surface area (TPSA) is 112 Å². The SMILES string of the molecule is CCCOc1ccc(C2C(C(=O)Nc3ccccc3OC)=C(C)Nc3nnnn32)cc1OC. The summed E-state index contributed by atoms with van der Waals surface area (Å²) < 4.78 is 18.3. The van der Waals surface area contributed by atoms with Crippen LogP contribution in [0.25, 0.3) is 0 Å². The summed E-state index contributed by atoms with van der Waals surface area (Å²) in [5, 5.41) is 18.0. The number of nitrogens with one attached hydrogen (secondary N) is 2. The number of benzene rings is 2. The Kier molecular flexibility index (Phi) is 6.43. The van der Waals surface area contributed by atoms with Gasteiger partial charge in [-0.15, -0.1) is 0 Å². The van der Waals surface area contributed by atoms with Crippen LogP contribution in [0.4, 0.5) is 11.6 Å². The van der Waals surface area contributed by atoms with Gasteiger partial charge in [-0.3, -0.25) is 4.79 Å². The molecule has 1 aliphatic rings. The van der Waals surface area contributed by atoms with E-state index in [1.165, 1.54) is 0 Å². The molecule has 0 fully saturated rings. The number of hydrogen-bond donors (Lipinski definition) is 2. The van der Waals surface area contributed by atoms with Crippen molar-refractivity contribution < 1.29 is 19.0 Å². The van der Waals surface area contributed by atoms with Gasteiger partial charge >= 0.3 is 0 Å². The van der Waals surface area contributed by atoms with Gasteiger partial charge in [-0.2, -0.15) is 4.68 Å². The lowest BCUT2D eigenvalue weighted by Gasteiger charge is -2.28. The first-order valence-corrected chi connectivity index (χ1v) is 10.6. The maximum absolute atomic E-state index is 13.5. The summed E-state index contributed by atoms with van der Waals surface area (Å²) in [5.41, 5.74) is 2.44. The first kappa shape index (κ1) is 22.1. The molecule has 0 saturated carbocycles. The molecule has 10 nitrogen and oxygen atoms in total. The second-order valence-corrected chi connectivity index (χ2v) is 7.43. The van der Waals surface area contributed by atoms with E-state index in [0.717, 1.165) is 12.0 Å². The van der Waals surface area contributed by atoms with Gasteiger partial charge in [0, 0.05) is 5.70 Å². The van der Waals surface area contributed by atoms with Crippen LogP contribution in [0.15, 0.2) is 53.7 Å². The molecular formula is C23H26N6O4. The van der Waals surface area contributed by atoms with E-state index in [9.17, 15) is 4.79 Å². The van der Waals surface area contributed by atoms with Gasteiger partial charge in [0.1, 0.15) is 11.8 Å². The Balaban J connectivity index is 1.75. The van der Waals surface area contributed by atoms with Gasteiger partial charge in [0.05, 0.1) is 32.1 Å². The van der Waals surface area contributed by atoms with Crippen LogP contribution in [0.1, 0.15) is 31.9 Å². The lowest BCUT2D eigenvalue weighted by atomic mass is 9.94. The predicted molar refractivity (Wildman–Crippen MR) is 123 cm³/mol. The molecule has 2 aromatic carbocycles. The van der Waals surface area contributed by atoms with E-state index in [2.05, 4.69) is 26.2 Å². The summed E-state index contributed by atoms with van der Waals surface area (Å²) in [6.07, 6.45) is 0.877. The fourth-order valence-corrected chi connectivity index (χ4v) is 3.74. The second-order valence-electron chi connectivity index (χ2n) is 7.43. The van der Waals surface area contributed by atoms with Crippen molar-refractivity contribution >= 4 is 17.5 Å². The number of nitrogens with zero attached hydrogens (tertiary/aromatic N) is 4. The predicted octanol–water partition coefficient (Wildman–Crippen LogP) is 3.41. The Morgan fingerprint density at radius 2 is 1.91 bits per heavy atom. The fourth-order valence-electron chi connectivity index (χ4n) is 3.74. The van der Waals surface area contributed by atoms with E-state index in [1.54, 1.807) is 31.0 Å². The molecule has 1 aromatic heterocycles. The van der Waals surface area contributed by atoms with Crippen molar-refractivity contribution in [3.8, 4) is 17.2 Å². The van der Waals surface area contributed by atoms with Gasteiger partial charge in [-0.05, 0) is 53.6 Å². The number of aromatic nitrogens is 4. The second kappa shape index (κ2) is 9.60.